The fourth-order valence-corrected chi connectivity index (χ4v) is 2.14. The molecule has 0 spiro atoms. The molecule has 1 saturated carbocycles. The maximum absolute atomic E-state index is 13.0. The third-order valence-corrected chi connectivity index (χ3v) is 3.13. The summed E-state index contributed by atoms with van der Waals surface area (Å²) in [4.78, 5) is 0. The lowest BCUT2D eigenvalue weighted by Crippen LogP contribution is -2.32. The summed E-state index contributed by atoms with van der Waals surface area (Å²) in [5.41, 5.74) is 6.04. The zero-order valence-corrected chi connectivity index (χ0v) is 9.35. The van der Waals surface area contributed by atoms with Gasteiger partial charge in [0.25, 0.3) is 0 Å². The van der Waals surface area contributed by atoms with Gasteiger partial charge in [-0.25, -0.2) is 13.2 Å². The molecule has 5 heteroatoms. The highest BCUT2D eigenvalue weighted by molar-refractivity contribution is 5.45. The Morgan fingerprint density at radius 3 is 2.06 bits per heavy atom. The normalized spacial score (nSPS) is 24.7. The fourth-order valence-electron chi connectivity index (χ4n) is 2.14. The van der Waals surface area contributed by atoms with Crippen molar-refractivity contribution in [3.8, 4) is 0 Å². The Morgan fingerprint density at radius 1 is 1.00 bits per heavy atom. The summed E-state index contributed by atoms with van der Waals surface area (Å²) >= 11 is 0. The van der Waals surface area contributed by atoms with Crippen molar-refractivity contribution in [2.75, 3.05) is 5.32 Å². The van der Waals surface area contributed by atoms with E-state index in [4.69, 9.17) is 5.73 Å². The Hall–Kier alpha value is -1.23. The summed E-state index contributed by atoms with van der Waals surface area (Å²) in [7, 11) is 0. The largest absolute Gasteiger partial charge is 0.382 e. The number of hydrogen-bond donors (Lipinski definition) is 2. The number of halogens is 3. The van der Waals surface area contributed by atoms with Gasteiger partial charge < -0.3 is 11.1 Å². The minimum atomic E-state index is -1.43. The lowest BCUT2D eigenvalue weighted by atomic mass is 9.91. The summed E-state index contributed by atoms with van der Waals surface area (Å²) < 4.78 is 38.7. The van der Waals surface area contributed by atoms with E-state index in [1.165, 1.54) is 0 Å². The van der Waals surface area contributed by atoms with Crippen molar-refractivity contribution in [3.05, 3.63) is 29.6 Å². The SMILES string of the molecule is NC1CCC(Nc2cc(F)c(F)c(F)c2)CC1. The molecule has 1 aliphatic rings. The molecular formula is C12H15F3N2. The van der Waals surface area contributed by atoms with Gasteiger partial charge in [-0.3, -0.25) is 0 Å². The molecule has 0 aromatic heterocycles. The standard InChI is InChI=1S/C12H15F3N2/c13-10-5-9(6-11(14)12(10)15)17-8-3-1-7(16)2-4-8/h5-8,17H,1-4,16H2. The van der Waals surface area contributed by atoms with E-state index in [-0.39, 0.29) is 17.8 Å². The second-order valence-electron chi connectivity index (χ2n) is 4.51. The van der Waals surface area contributed by atoms with Gasteiger partial charge >= 0.3 is 0 Å². The van der Waals surface area contributed by atoms with Crippen LogP contribution >= 0.6 is 0 Å². The third kappa shape index (κ3) is 2.91. The second-order valence-corrected chi connectivity index (χ2v) is 4.51. The minimum Gasteiger partial charge on any atom is -0.382 e. The first-order chi connectivity index (χ1) is 8.06. The van der Waals surface area contributed by atoms with Crippen molar-refractivity contribution in [3.63, 3.8) is 0 Å². The van der Waals surface area contributed by atoms with Crippen LogP contribution in [-0.4, -0.2) is 12.1 Å². The lowest BCUT2D eigenvalue weighted by Gasteiger charge is -2.27. The molecule has 17 heavy (non-hydrogen) atoms. The molecule has 2 rings (SSSR count). The van der Waals surface area contributed by atoms with E-state index < -0.39 is 17.5 Å². The van der Waals surface area contributed by atoms with E-state index in [2.05, 4.69) is 5.32 Å². The van der Waals surface area contributed by atoms with Crippen molar-refractivity contribution in [2.45, 2.75) is 37.8 Å². The summed E-state index contributed by atoms with van der Waals surface area (Å²) in [6.45, 7) is 0. The number of anilines is 1. The molecule has 0 heterocycles. The molecule has 1 fully saturated rings. The van der Waals surface area contributed by atoms with Crippen LogP contribution in [0, 0.1) is 17.5 Å². The van der Waals surface area contributed by atoms with Crippen molar-refractivity contribution in [2.24, 2.45) is 5.73 Å². The Bertz CT molecular complexity index is 378. The molecule has 0 aliphatic heterocycles. The molecule has 0 radical (unpaired) electrons. The summed E-state index contributed by atoms with van der Waals surface area (Å²) in [5, 5.41) is 3.01. The zero-order chi connectivity index (χ0) is 12.4. The molecule has 0 saturated heterocycles. The van der Waals surface area contributed by atoms with Crippen molar-refractivity contribution in [1.82, 2.24) is 0 Å². The molecule has 94 valence electrons. The van der Waals surface area contributed by atoms with Crippen molar-refractivity contribution >= 4 is 5.69 Å². The topological polar surface area (TPSA) is 38.0 Å². The Balaban J connectivity index is 2.04. The summed E-state index contributed by atoms with van der Waals surface area (Å²) in [5.74, 6) is -3.76. The van der Waals surface area contributed by atoms with Crippen LogP contribution in [0.2, 0.25) is 0 Å². The smallest absolute Gasteiger partial charge is 0.194 e. The summed E-state index contributed by atoms with van der Waals surface area (Å²) in [6, 6.07) is 2.33. The lowest BCUT2D eigenvalue weighted by molar-refractivity contribution is 0.410. The maximum atomic E-state index is 13.0. The fraction of sp³-hybridized carbons (Fsp3) is 0.500. The van der Waals surface area contributed by atoms with Gasteiger partial charge in [-0.1, -0.05) is 0 Å². The Kier molecular flexibility index (Phi) is 3.57. The van der Waals surface area contributed by atoms with Gasteiger partial charge in [0.05, 0.1) is 0 Å². The van der Waals surface area contributed by atoms with Crippen LogP contribution in [0.4, 0.5) is 18.9 Å². The molecular weight excluding hydrogens is 229 g/mol. The van der Waals surface area contributed by atoms with Gasteiger partial charge in [0.1, 0.15) is 0 Å². The number of nitrogens with one attached hydrogen (secondary N) is 1. The third-order valence-electron chi connectivity index (χ3n) is 3.13. The predicted molar refractivity (Wildman–Crippen MR) is 60.2 cm³/mol. The Labute approximate surface area is 98.0 Å². The quantitative estimate of drug-likeness (QED) is 0.785. The highest BCUT2D eigenvalue weighted by Crippen LogP contribution is 2.23. The summed E-state index contributed by atoms with van der Waals surface area (Å²) in [6.07, 6.45) is 3.51. The molecule has 0 amide bonds. The van der Waals surface area contributed by atoms with Crippen LogP contribution in [0.5, 0.6) is 0 Å². The maximum Gasteiger partial charge on any atom is 0.194 e. The number of hydrogen-bond acceptors (Lipinski definition) is 2. The van der Waals surface area contributed by atoms with Crippen molar-refractivity contribution in [1.29, 1.82) is 0 Å². The van der Waals surface area contributed by atoms with E-state index in [0.29, 0.717) is 0 Å². The molecule has 2 nitrogen and oxygen atoms in total. The van der Waals surface area contributed by atoms with Crippen LogP contribution in [0.1, 0.15) is 25.7 Å². The zero-order valence-electron chi connectivity index (χ0n) is 9.35. The molecule has 3 N–H and O–H groups in total. The molecule has 0 unspecified atom stereocenters. The average molecular weight is 244 g/mol. The minimum absolute atomic E-state index is 0.152. The predicted octanol–water partition coefficient (Wildman–Crippen LogP) is 2.79. The molecule has 1 aromatic carbocycles. The number of rotatable bonds is 2. The number of benzene rings is 1. The van der Waals surface area contributed by atoms with Crippen LogP contribution in [0.3, 0.4) is 0 Å². The van der Waals surface area contributed by atoms with Gasteiger partial charge in [-0.05, 0) is 25.7 Å². The van der Waals surface area contributed by atoms with Crippen LogP contribution in [0.15, 0.2) is 12.1 Å². The molecule has 1 aromatic rings. The first kappa shape index (κ1) is 12.2. The van der Waals surface area contributed by atoms with E-state index in [1.54, 1.807) is 0 Å². The van der Waals surface area contributed by atoms with Crippen molar-refractivity contribution < 1.29 is 13.2 Å². The van der Waals surface area contributed by atoms with Gasteiger partial charge in [-0.15, -0.1) is 0 Å². The van der Waals surface area contributed by atoms with Gasteiger partial charge in [0, 0.05) is 29.9 Å². The van der Waals surface area contributed by atoms with Gasteiger partial charge in [0.2, 0.25) is 0 Å². The molecule has 0 bridgehead atoms. The van der Waals surface area contributed by atoms with E-state index in [1.807, 2.05) is 0 Å². The van der Waals surface area contributed by atoms with Crippen LogP contribution in [0.25, 0.3) is 0 Å². The average Bonchev–Trinajstić information content (AvgIpc) is 2.29. The Morgan fingerprint density at radius 2 is 1.53 bits per heavy atom. The van der Waals surface area contributed by atoms with Gasteiger partial charge in [-0.2, -0.15) is 0 Å². The second kappa shape index (κ2) is 4.96. The molecule has 1 aliphatic carbocycles. The van der Waals surface area contributed by atoms with E-state index >= 15 is 0 Å². The van der Waals surface area contributed by atoms with Crippen LogP contribution < -0.4 is 11.1 Å². The van der Waals surface area contributed by atoms with Crippen LogP contribution in [-0.2, 0) is 0 Å². The highest BCUT2D eigenvalue weighted by Gasteiger charge is 2.19. The first-order valence-electron chi connectivity index (χ1n) is 5.73. The van der Waals surface area contributed by atoms with Gasteiger partial charge in [0.15, 0.2) is 17.5 Å². The first-order valence-corrected chi connectivity index (χ1v) is 5.73. The van der Waals surface area contributed by atoms with E-state index in [0.717, 1.165) is 37.8 Å². The number of nitrogens with two attached hydrogens (primary N) is 1. The van der Waals surface area contributed by atoms with E-state index in [9.17, 15) is 13.2 Å². The highest BCUT2D eigenvalue weighted by atomic mass is 19.2. The molecule has 0 atom stereocenters. The monoisotopic (exact) mass is 244 g/mol.